The van der Waals surface area contributed by atoms with Crippen molar-refractivity contribution in [1.29, 1.82) is 0 Å². The van der Waals surface area contributed by atoms with Gasteiger partial charge in [-0.25, -0.2) is 0 Å². The van der Waals surface area contributed by atoms with E-state index in [0.29, 0.717) is 18.0 Å². The number of hydrogen-bond donors (Lipinski definition) is 1. The van der Waals surface area contributed by atoms with Gasteiger partial charge in [0.2, 0.25) is 0 Å². The summed E-state index contributed by atoms with van der Waals surface area (Å²) >= 11 is 0. The molecule has 2 heteroatoms. The topological polar surface area (TPSA) is 15.3 Å². The second-order valence-electron chi connectivity index (χ2n) is 6.50. The SMILES string of the molecule is CNCC1CCCCN(C(C)C)C1c1cccc(C)c1. The van der Waals surface area contributed by atoms with Crippen molar-refractivity contribution in [1.82, 2.24) is 10.2 Å². The Morgan fingerprint density at radius 2 is 2.10 bits per heavy atom. The minimum Gasteiger partial charge on any atom is -0.319 e. The smallest absolute Gasteiger partial charge is 0.0391 e. The number of aryl methyl sites for hydroxylation is 1. The third-order valence-electron chi connectivity index (χ3n) is 4.56. The zero-order valence-electron chi connectivity index (χ0n) is 13.5. The molecule has 1 heterocycles. The molecule has 1 saturated heterocycles. The zero-order chi connectivity index (χ0) is 14.5. The molecule has 1 fully saturated rings. The summed E-state index contributed by atoms with van der Waals surface area (Å²) in [5, 5.41) is 3.41. The van der Waals surface area contributed by atoms with Gasteiger partial charge < -0.3 is 5.32 Å². The normalized spacial score (nSPS) is 24.9. The van der Waals surface area contributed by atoms with E-state index in [4.69, 9.17) is 0 Å². The number of nitrogens with one attached hydrogen (secondary N) is 1. The lowest BCUT2D eigenvalue weighted by Gasteiger charge is -2.38. The minimum absolute atomic E-state index is 0.560. The summed E-state index contributed by atoms with van der Waals surface area (Å²) in [6.07, 6.45) is 4.03. The molecule has 0 bridgehead atoms. The molecule has 2 nitrogen and oxygen atoms in total. The number of nitrogens with zero attached hydrogens (tertiary/aromatic N) is 1. The third kappa shape index (κ3) is 3.62. The van der Waals surface area contributed by atoms with E-state index >= 15 is 0 Å². The van der Waals surface area contributed by atoms with Crippen LogP contribution in [0.4, 0.5) is 0 Å². The van der Waals surface area contributed by atoms with Gasteiger partial charge in [0.1, 0.15) is 0 Å². The van der Waals surface area contributed by atoms with Crippen molar-refractivity contribution in [2.75, 3.05) is 20.1 Å². The molecule has 0 amide bonds. The van der Waals surface area contributed by atoms with Gasteiger partial charge in [0.05, 0.1) is 0 Å². The Morgan fingerprint density at radius 1 is 1.30 bits per heavy atom. The van der Waals surface area contributed by atoms with Crippen LogP contribution in [0.5, 0.6) is 0 Å². The Morgan fingerprint density at radius 3 is 2.75 bits per heavy atom. The van der Waals surface area contributed by atoms with Gasteiger partial charge in [-0.15, -0.1) is 0 Å². The monoisotopic (exact) mass is 274 g/mol. The van der Waals surface area contributed by atoms with Crippen LogP contribution in [0, 0.1) is 12.8 Å². The molecule has 1 aromatic rings. The van der Waals surface area contributed by atoms with E-state index < -0.39 is 0 Å². The summed E-state index contributed by atoms with van der Waals surface area (Å²) in [4.78, 5) is 2.71. The molecule has 1 aromatic carbocycles. The Labute approximate surface area is 124 Å². The zero-order valence-corrected chi connectivity index (χ0v) is 13.5. The lowest BCUT2D eigenvalue weighted by molar-refractivity contribution is 0.118. The van der Waals surface area contributed by atoms with E-state index in [2.05, 4.69) is 62.3 Å². The van der Waals surface area contributed by atoms with Crippen molar-refractivity contribution in [2.45, 2.75) is 52.1 Å². The first-order valence-corrected chi connectivity index (χ1v) is 8.10. The Balaban J connectivity index is 2.36. The van der Waals surface area contributed by atoms with Crippen molar-refractivity contribution in [3.63, 3.8) is 0 Å². The van der Waals surface area contributed by atoms with Crippen LogP contribution in [0.3, 0.4) is 0 Å². The second kappa shape index (κ2) is 7.24. The molecule has 1 aliphatic heterocycles. The molecule has 0 saturated carbocycles. The van der Waals surface area contributed by atoms with Crippen LogP contribution in [0.2, 0.25) is 0 Å². The van der Waals surface area contributed by atoms with E-state index in [1.165, 1.54) is 36.9 Å². The molecular weight excluding hydrogens is 244 g/mol. The van der Waals surface area contributed by atoms with E-state index in [1.807, 2.05) is 0 Å². The van der Waals surface area contributed by atoms with Crippen LogP contribution in [-0.2, 0) is 0 Å². The molecule has 1 aliphatic rings. The number of likely N-dealkylation sites (tertiary alicyclic amines) is 1. The second-order valence-corrected chi connectivity index (χ2v) is 6.50. The van der Waals surface area contributed by atoms with E-state index in [9.17, 15) is 0 Å². The predicted octanol–water partition coefficient (Wildman–Crippen LogP) is 3.77. The van der Waals surface area contributed by atoms with Gasteiger partial charge in [-0.3, -0.25) is 4.90 Å². The highest BCUT2D eigenvalue weighted by molar-refractivity contribution is 5.26. The Hall–Kier alpha value is -0.860. The summed E-state index contributed by atoms with van der Waals surface area (Å²) in [5.41, 5.74) is 2.87. The van der Waals surface area contributed by atoms with Gasteiger partial charge in [0.15, 0.2) is 0 Å². The molecule has 0 aliphatic carbocycles. The maximum absolute atomic E-state index is 3.41. The summed E-state index contributed by atoms with van der Waals surface area (Å²) in [6, 6.07) is 10.3. The van der Waals surface area contributed by atoms with Crippen molar-refractivity contribution < 1.29 is 0 Å². The highest BCUT2D eigenvalue weighted by Gasteiger charge is 2.31. The van der Waals surface area contributed by atoms with Gasteiger partial charge in [0.25, 0.3) is 0 Å². The number of hydrogen-bond acceptors (Lipinski definition) is 2. The van der Waals surface area contributed by atoms with Gasteiger partial charge >= 0.3 is 0 Å². The Kier molecular flexibility index (Phi) is 5.62. The van der Waals surface area contributed by atoms with Crippen LogP contribution < -0.4 is 5.32 Å². The van der Waals surface area contributed by atoms with Gasteiger partial charge in [-0.1, -0.05) is 36.2 Å². The lowest BCUT2D eigenvalue weighted by atomic mass is 9.88. The lowest BCUT2D eigenvalue weighted by Crippen LogP contribution is -2.40. The summed E-state index contributed by atoms with van der Waals surface area (Å²) in [7, 11) is 2.08. The third-order valence-corrected chi connectivity index (χ3v) is 4.56. The van der Waals surface area contributed by atoms with Crippen LogP contribution in [0.25, 0.3) is 0 Å². The molecule has 0 radical (unpaired) electrons. The maximum atomic E-state index is 3.41. The first-order valence-electron chi connectivity index (χ1n) is 8.10. The maximum Gasteiger partial charge on any atom is 0.0391 e. The fourth-order valence-electron chi connectivity index (χ4n) is 3.64. The average Bonchev–Trinajstić information content (AvgIpc) is 2.61. The van der Waals surface area contributed by atoms with Gasteiger partial charge in [0, 0.05) is 12.1 Å². The van der Waals surface area contributed by atoms with Crippen LogP contribution in [0.1, 0.15) is 50.3 Å². The standard InChI is InChI=1S/C18H30N2/c1-14(2)20-11-6-5-9-17(13-19-4)18(20)16-10-7-8-15(3)12-16/h7-8,10,12,14,17-19H,5-6,9,11,13H2,1-4H3. The highest BCUT2D eigenvalue weighted by atomic mass is 15.2. The molecule has 20 heavy (non-hydrogen) atoms. The van der Waals surface area contributed by atoms with E-state index in [1.54, 1.807) is 0 Å². The highest BCUT2D eigenvalue weighted by Crippen LogP contribution is 2.36. The first-order chi connectivity index (χ1) is 9.63. The van der Waals surface area contributed by atoms with Crippen LogP contribution in [0.15, 0.2) is 24.3 Å². The summed E-state index contributed by atoms with van der Waals surface area (Å²) in [6.45, 7) is 9.22. The molecule has 2 rings (SSSR count). The minimum atomic E-state index is 0.560. The van der Waals surface area contributed by atoms with E-state index in [-0.39, 0.29) is 0 Å². The summed E-state index contributed by atoms with van der Waals surface area (Å²) < 4.78 is 0. The molecule has 0 aromatic heterocycles. The average molecular weight is 274 g/mol. The van der Waals surface area contributed by atoms with E-state index in [0.717, 1.165) is 6.54 Å². The largest absolute Gasteiger partial charge is 0.319 e. The van der Waals surface area contributed by atoms with Gasteiger partial charge in [-0.05, 0) is 65.2 Å². The predicted molar refractivity (Wildman–Crippen MR) is 87.0 cm³/mol. The van der Waals surface area contributed by atoms with Crippen molar-refractivity contribution in [3.8, 4) is 0 Å². The first kappa shape index (κ1) is 15.5. The Bertz CT molecular complexity index is 414. The molecule has 1 N–H and O–H groups in total. The summed E-state index contributed by atoms with van der Waals surface area (Å²) in [5.74, 6) is 0.715. The fourth-order valence-corrected chi connectivity index (χ4v) is 3.64. The molecule has 2 atom stereocenters. The van der Waals surface area contributed by atoms with Crippen molar-refractivity contribution in [2.24, 2.45) is 5.92 Å². The molecular formula is C18H30N2. The fraction of sp³-hybridized carbons (Fsp3) is 0.667. The van der Waals surface area contributed by atoms with Gasteiger partial charge in [-0.2, -0.15) is 0 Å². The van der Waals surface area contributed by atoms with Crippen LogP contribution >= 0.6 is 0 Å². The molecule has 2 unspecified atom stereocenters. The van der Waals surface area contributed by atoms with Crippen LogP contribution in [-0.4, -0.2) is 31.1 Å². The van der Waals surface area contributed by atoms with Crippen molar-refractivity contribution in [3.05, 3.63) is 35.4 Å². The van der Waals surface area contributed by atoms with Crippen molar-refractivity contribution >= 4 is 0 Å². The molecule has 0 spiro atoms. The molecule has 112 valence electrons. The number of rotatable bonds is 4. The number of benzene rings is 1. The quantitative estimate of drug-likeness (QED) is 0.899.